The normalized spacial score (nSPS) is 27.9. The van der Waals surface area contributed by atoms with Crippen molar-refractivity contribution < 1.29 is 19.4 Å². The Balaban J connectivity index is 1.77. The molecule has 24 heavy (non-hydrogen) atoms. The number of rotatable bonds is 6. The van der Waals surface area contributed by atoms with E-state index in [0.29, 0.717) is 25.3 Å². The fourth-order valence-electron chi connectivity index (χ4n) is 4.48. The van der Waals surface area contributed by atoms with Crippen molar-refractivity contribution in [1.29, 1.82) is 0 Å². The van der Waals surface area contributed by atoms with Gasteiger partial charge in [0.05, 0.1) is 0 Å². The predicted octanol–water partition coefficient (Wildman–Crippen LogP) is 3.68. The Kier molecular flexibility index (Phi) is 4.78. The molecule has 2 saturated carbocycles. The lowest BCUT2D eigenvalue weighted by atomic mass is 9.79. The summed E-state index contributed by atoms with van der Waals surface area (Å²) in [6.07, 6.45) is 3.66. The zero-order valence-corrected chi connectivity index (χ0v) is 14.1. The number of fused-ring (bicyclic) bond motifs is 2. The third-order valence-corrected chi connectivity index (χ3v) is 5.54. The maximum absolute atomic E-state index is 12.7. The largest absolute Gasteiger partial charge is 0.479 e. The van der Waals surface area contributed by atoms with Crippen molar-refractivity contribution in [2.45, 2.75) is 51.2 Å². The van der Waals surface area contributed by atoms with Gasteiger partial charge in [0.2, 0.25) is 0 Å². The molecule has 0 saturated heterocycles. The van der Waals surface area contributed by atoms with Crippen LogP contribution in [0.2, 0.25) is 0 Å². The van der Waals surface area contributed by atoms with Gasteiger partial charge in [-0.15, -0.1) is 0 Å². The lowest BCUT2D eigenvalue weighted by Gasteiger charge is -2.42. The Morgan fingerprint density at radius 3 is 2.58 bits per heavy atom. The highest BCUT2D eigenvalue weighted by Crippen LogP contribution is 2.53. The molecular weight excluding hydrogens is 306 g/mol. The summed E-state index contributed by atoms with van der Waals surface area (Å²) in [6, 6.07) is 9.47. The molecule has 0 spiro atoms. The predicted molar refractivity (Wildman–Crippen MR) is 89.4 cm³/mol. The molecule has 0 heterocycles. The van der Waals surface area contributed by atoms with Gasteiger partial charge in [-0.3, -0.25) is 4.90 Å². The number of hydrogen-bond donors (Lipinski definition) is 1. The molecule has 0 aliphatic heterocycles. The van der Waals surface area contributed by atoms with E-state index in [1.54, 1.807) is 0 Å². The third kappa shape index (κ3) is 2.87. The number of carbonyl (C=O) groups excluding carboxylic acids is 1. The number of ether oxygens (including phenoxy) is 1. The van der Waals surface area contributed by atoms with Gasteiger partial charge >= 0.3 is 12.1 Å². The molecule has 2 aliphatic carbocycles. The first kappa shape index (κ1) is 16.8. The minimum Gasteiger partial charge on any atom is -0.479 e. The molecule has 3 unspecified atom stereocenters. The van der Waals surface area contributed by atoms with E-state index in [2.05, 4.69) is 0 Å². The van der Waals surface area contributed by atoms with Crippen molar-refractivity contribution in [3.63, 3.8) is 0 Å². The third-order valence-electron chi connectivity index (χ3n) is 5.54. The maximum Gasteiger partial charge on any atom is 0.411 e. The Labute approximate surface area is 142 Å². The number of aliphatic carboxylic acids is 1. The molecule has 3 rings (SSSR count). The van der Waals surface area contributed by atoms with Crippen LogP contribution in [0.15, 0.2) is 30.3 Å². The van der Waals surface area contributed by atoms with Crippen molar-refractivity contribution in [1.82, 2.24) is 4.90 Å². The Bertz CT molecular complexity index is 603. The van der Waals surface area contributed by atoms with E-state index in [0.717, 1.165) is 24.8 Å². The van der Waals surface area contributed by atoms with Crippen LogP contribution in [-0.2, 0) is 16.1 Å². The summed E-state index contributed by atoms with van der Waals surface area (Å²) in [4.78, 5) is 26.4. The minimum atomic E-state index is -1.08. The van der Waals surface area contributed by atoms with Gasteiger partial charge in [-0.1, -0.05) is 37.3 Å². The number of carboxylic acids is 1. The summed E-state index contributed by atoms with van der Waals surface area (Å²) in [5.41, 5.74) is -0.174. The van der Waals surface area contributed by atoms with Crippen LogP contribution >= 0.6 is 0 Å². The van der Waals surface area contributed by atoms with Crippen molar-refractivity contribution in [2.24, 2.45) is 11.8 Å². The van der Waals surface area contributed by atoms with E-state index in [9.17, 15) is 14.7 Å². The summed E-state index contributed by atoms with van der Waals surface area (Å²) in [5.74, 6) is -0.400. The topological polar surface area (TPSA) is 66.8 Å². The molecule has 5 nitrogen and oxygen atoms in total. The number of hydrogen-bond acceptors (Lipinski definition) is 3. The Morgan fingerprint density at radius 2 is 2.04 bits per heavy atom. The fourth-order valence-corrected chi connectivity index (χ4v) is 4.48. The number of carboxylic acid groups (broad SMARTS) is 1. The van der Waals surface area contributed by atoms with Crippen LogP contribution in [0.25, 0.3) is 0 Å². The summed E-state index contributed by atoms with van der Waals surface area (Å²) in [5, 5.41) is 9.97. The number of carbonyl (C=O) groups is 2. The van der Waals surface area contributed by atoms with Gasteiger partial charge < -0.3 is 9.84 Å². The Morgan fingerprint density at radius 1 is 1.29 bits per heavy atom. The van der Waals surface area contributed by atoms with E-state index < -0.39 is 17.6 Å². The highest BCUT2D eigenvalue weighted by molar-refractivity contribution is 5.85. The van der Waals surface area contributed by atoms with Crippen LogP contribution in [0.4, 0.5) is 4.79 Å². The number of amides is 1. The van der Waals surface area contributed by atoms with Gasteiger partial charge in [0, 0.05) is 6.54 Å². The summed E-state index contributed by atoms with van der Waals surface area (Å²) < 4.78 is 5.46. The van der Waals surface area contributed by atoms with Crippen molar-refractivity contribution in [2.75, 3.05) is 6.54 Å². The average molecular weight is 331 g/mol. The van der Waals surface area contributed by atoms with Gasteiger partial charge in [0.25, 0.3) is 0 Å². The molecular formula is C19H25NO4. The lowest BCUT2D eigenvalue weighted by molar-refractivity contribution is -0.154. The van der Waals surface area contributed by atoms with Gasteiger partial charge in [0.1, 0.15) is 12.1 Å². The molecule has 1 aromatic carbocycles. The van der Waals surface area contributed by atoms with Crippen molar-refractivity contribution in [3.8, 4) is 0 Å². The molecule has 0 radical (unpaired) electrons. The van der Waals surface area contributed by atoms with E-state index in [4.69, 9.17) is 4.74 Å². The second-order valence-electron chi connectivity index (χ2n) is 7.00. The van der Waals surface area contributed by atoms with E-state index in [1.165, 1.54) is 4.90 Å². The van der Waals surface area contributed by atoms with E-state index >= 15 is 0 Å². The molecule has 1 aromatic rings. The monoisotopic (exact) mass is 331 g/mol. The van der Waals surface area contributed by atoms with Gasteiger partial charge in [-0.2, -0.15) is 0 Å². The van der Waals surface area contributed by atoms with E-state index in [1.807, 2.05) is 37.3 Å². The van der Waals surface area contributed by atoms with Crippen LogP contribution in [-0.4, -0.2) is 34.2 Å². The van der Waals surface area contributed by atoms with Gasteiger partial charge in [0.15, 0.2) is 0 Å². The molecule has 1 amide bonds. The van der Waals surface area contributed by atoms with Crippen LogP contribution < -0.4 is 0 Å². The lowest BCUT2D eigenvalue weighted by Crippen LogP contribution is -2.60. The smallest absolute Gasteiger partial charge is 0.411 e. The second kappa shape index (κ2) is 6.83. The molecule has 0 aromatic heterocycles. The average Bonchev–Trinajstić information content (AvgIpc) is 3.20. The summed E-state index contributed by atoms with van der Waals surface area (Å²) in [6.45, 7) is 2.55. The van der Waals surface area contributed by atoms with E-state index in [-0.39, 0.29) is 12.5 Å². The molecule has 3 atom stereocenters. The van der Waals surface area contributed by atoms with Crippen LogP contribution in [0, 0.1) is 11.8 Å². The van der Waals surface area contributed by atoms with Crippen molar-refractivity contribution in [3.05, 3.63) is 35.9 Å². The van der Waals surface area contributed by atoms with Gasteiger partial charge in [-0.25, -0.2) is 9.59 Å². The highest BCUT2D eigenvalue weighted by Gasteiger charge is 2.60. The molecule has 5 heteroatoms. The summed E-state index contributed by atoms with van der Waals surface area (Å²) in [7, 11) is 0. The fraction of sp³-hybridized carbons (Fsp3) is 0.579. The molecule has 1 N–H and O–H groups in total. The first-order chi connectivity index (χ1) is 11.6. The molecule has 130 valence electrons. The molecule has 2 fully saturated rings. The van der Waals surface area contributed by atoms with Crippen LogP contribution in [0.1, 0.15) is 44.6 Å². The number of benzene rings is 1. The van der Waals surface area contributed by atoms with Crippen molar-refractivity contribution >= 4 is 12.1 Å². The quantitative estimate of drug-likeness (QED) is 0.863. The standard InChI is InChI=1S/C19H25NO4/c1-2-10-20(18(23)24-13-14-6-4-3-5-7-14)19(17(21)22)12-15-8-9-16(19)11-15/h3-7,15-16H,2,8-13H2,1H3,(H,21,22). The molecule has 2 aliphatic rings. The second-order valence-corrected chi connectivity index (χ2v) is 7.00. The van der Waals surface area contributed by atoms with Gasteiger partial charge in [-0.05, 0) is 49.5 Å². The van der Waals surface area contributed by atoms with Crippen LogP contribution in [0.5, 0.6) is 0 Å². The zero-order valence-electron chi connectivity index (χ0n) is 14.1. The first-order valence-corrected chi connectivity index (χ1v) is 8.79. The first-order valence-electron chi connectivity index (χ1n) is 8.79. The number of nitrogens with zero attached hydrogens (tertiary/aromatic N) is 1. The highest BCUT2D eigenvalue weighted by atomic mass is 16.6. The SMILES string of the molecule is CCCN(C(=O)OCc1ccccc1)C1(C(=O)O)CC2CCC1C2. The molecule has 2 bridgehead atoms. The maximum atomic E-state index is 12.7. The minimum absolute atomic E-state index is 0.0517. The summed E-state index contributed by atoms with van der Waals surface area (Å²) >= 11 is 0. The Hall–Kier alpha value is -2.04. The zero-order chi connectivity index (χ0) is 17.2. The van der Waals surface area contributed by atoms with Crippen LogP contribution in [0.3, 0.4) is 0 Å².